The summed E-state index contributed by atoms with van der Waals surface area (Å²) >= 11 is 1.38. The first-order valence-electron chi connectivity index (χ1n) is 9.13. The van der Waals surface area contributed by atoms with Crippen LogP contribution in [0.4, 0.5) is 23.0 Å². The summed E-state index contributed by atoms with van der Waals surface area (Å²) in [4.78, 5) is 23.4. The van der Waals surface area contributed by atoms with Crippen LogP contribution in [0.15, 0.2) is 59.8 Å². The first-order chi connectivity index (χ1) is 13.6. The maximum absolute atomic E-state index is 13.2. The highest BCUT2D eigenvalue weighted by atomic mass is 32.2. The summed E-state index contributed by atoms with van der Waals surface area (Å²) in [6, 6.07) is 17.7. The van der Waals surface area contributed by atoms with Crippen molar-refractivity contribution in [3.05, 3.63) is 65.7 Å². The van der Waals surface area contributed by atoms with Crippen molar-refractivity contribution in [2.24, 2.45) is 0 Å². The molecule has 0 saturated carbocycles. The molecule has 0 unspecified atom stereocenters. The predicted molar refractivity (Wildman–Crippen MR) is 114 cm³/mol. The van der Waals surface area contributed by atoms with Crippen molar-refractivity contribution in [1.29, 1.82) is 0 Å². The maximum atomic E-state index is 13.2. The van der Waals surface area contributed by atoms with Gasteiger partial charge in [-0.2, -0.15) is 0 Å². The van der Waals surface area contributed by atoms with Crippen LogP contribution in [0.5, 0.6) is 0 Å². The smallest absolute Gasteiger partial charge is 0.232 e. The molecule has 1 aliphatic rings. The van der Waals surface area contributed by atoms with Crippen molar-refractivity contribution in [1.82, 2.24) is 9.97 Å². The molecule has 28 heavy (non-hydrogen) atoms. The number of carbonyl (C=O) groups excluding carboxylic acids is 1. The van der Waals surface area contributed by atoms with Crippen molar-refractivity contribution >= 4 is 40.7 Å². The maximum Gasteiger partial charge on any atom is 0.232 e. The average molecular weight is 392 g/mol. The third-order valence-corrected chi connectivity index (χ3v) is 5.52. The Bertz CT molecular complexity index is 955. The highest BCUT2D eigenvalue weighted by molar-refractivity contribution is 7.99. The Labute approximate surface area is 168 Å². The Morgan fingerprint density at radius 2 is 1.46 bits per heavy atom. The van der Waals surface area contributed by atoms with Gasteiger partial charge in [0.05, 0.1) is 11.4 Å². The van der Waals surface area contributed by atoms with Gasteiger partial charge in [0.25, 0.3) is 0 Å². The Hall–Kier alpha value is -3.06. The van der Waals surface area contributed by atoms with Crippen LogP contribution >= 0.6 is 11.8 Å². The Kier molecular flexibility index (Phi) is 5.16. The summed E-state index contributed by atoms with van der Waals surface area (Å²) in [6.07, 6.45) is 2.19. The van der Waals surface area contributed by atoms with E-state index in [4.69, 9.17) is 11.5 Å². The van der Waals surface area contributed by atoms with Crippen LogP contribution in [0.1, 0.15) is 17.5 Å². The second-order valence-corrected chi connectivity index (χ2v) is 7.65. The summed E-state index contributed by atoms with van der Waals surface area (Å²) in [5.41, 5.74) is 15.7. The van der Waals surface area contributed by atoms with Gasteiger partial charge < -0.3 is 11.5 Å². The van der Waals surface area contributed by atoms with Gasteiger partial charge in [0, 0.05) is 18.2 Å². The van der Waals surface area contributed by atoms with E-state index in [9.17, 15) is 4.79 Å². The van der Waals surface area contributed by atoms with Crippen LogP contribution in [0.2, 0.25) is 0 Å². The number of thioether (sulfide) groups is 1. The van der Waals surface area contributed by atoms with E-state index >= 15 is 0 Å². The lowest BCUT2D eigenvalue weighted by Gasteiger charge is -2.25. The molecule has 0 saturated heterocycles. The molecular weight excluding hydrogens is 370 g/mol. The second-order valence-electron chi connectivity index (χ2n) is 6.59. The van der Waals surface area contributed by atoms with Crippen molar-refractivity contribution < 1.29 is 4.79 Å². The van der Waals surface area contributed by atoms with Crippen LogP contribution in [0.3, 0.4) is 0 Å². The first-order valence-corrected chi connectivity index (χ1v) is 10.1. The van der Waals surface area contributed by atoms with E-state index in [2.05, 4.69) is 22.1 Å². The van der Waals surface area contributed by atoms with E-state index in [1.165, 1.54) is 29.0 Å². The number of anilines is 4. The second kappa shape index (κ2) is 7.90. The molecule has 0 aliphatic carbocycles. The summed E-state index contributed by atoms with van der Waals surface area (Å²) in [6.45, 7) is 0. The quantitative estimate of drug-likeness (QED) is 0.521. The topological polar surface area (TPSA) is 98.1 Å². The largest absolute Gasteiger partial charge is 0.383 e. The number of nitrogens with two attached hydrogens (primary N) is 2. The molecule has 2 heterocycles. The number of aromatic nitrogens is 2. The molecular formula is C21H21N5OS. The zero-order chi connectivity index (χ0) is 19.5. The molecule has 1 amide bonds. The SMILES string of the molecule is Nc1cc(N)nc(SCCC(=O)N2c3ccccc3CCc3ccccc32)n1. The number of amides is 1. The predicted octanol–water partition coefficient (Wildman–Crippen LogP) is 3.59. The van der Waals surface area contributed by atoms with E-state index in [1.54, 1.807) is 0 Å². The van der Waals surface area contributed by atoms with Crippen LogP contribution in [-0.2, 0) is 17.6 Å². The number of aryl methyl sites for hydroxylation is 2. The highest BCUT2D eigenvalue weighted by Gasteiger charge is 2.25. The number of hydrogen-bond donors (Lipinski definition) is 2. The van der Waals surface area contributed by atoms with Crippen molar-refractivity contribution in [3.63, 3.8) is 0 Å². The van der Waals surface area contributed by atoms with Gasteiger partial charge in [-0.3, -0.25) is 9.69 Å². The number of rotatable bonds is 4. The van der Waals surface area contributed by atoms with Gasteiger partial charge in [-0.15, -0.1) is 0 Å². The Morgan fingerprint density at radius 3 is 2.04 bits per heavy atom. The van der Waals surface area contributed by atoms with E-state index in [0.29, 0.717) is 29.0 Å². The zero-order valence-electron chi connectivity index (χ0n) is 15.3. The number of nitrogens with zero attached hydrogens (tertiary/aromatic N) is 3. The minimum Gasteiger partial charge on any atom is -0.383 e. The highest BCUT2D eigenvalue weighted by Crippen LogP contribution is 2.36. The molecule has 6 nitrogen and oxygen atoms in total. The molecule has 0 radical (unpaired) electrons. The molecule has 3 aromatic rings. The number of para-hydroxylation sites is 2. The van der Waals surface area contributed by atoms with Crippen molar-refractivity contribution in [2.45, 2.75) is 24.4 Å². The molecule has 142 valence electrons. The monoisotopic (exact) mass is 391 g/mol. The zero-order valence-corrected chi connectivity index (χ0v) is 16.2. The molecule has 1 aromatic heterocycles. The molecule has 0 spiro atoms. The van der Waals surface area contributed by atoms with Crippen LogP contribution < -0.4 is 16.4 Å². The minimum absolute atomic E-state index is 0.0474. The van der Waals surface area contributed by atoms with E-state index in [0.717, 1.165) is 24.2 Å². The molecule has 1 aliphatic heterocycles. The third kappa shape index (κ3) is 3.80. The summed E-state index contributed by atoms with van der Waals surface area (Å²) in [5.74, 6) is 1.25. The molecule has 0 bridgehead atoms. The normalized spacial score (nSPS) is 12.8. The van der Waals surface area contributed by atoms with Gasteiger partial charge in [-0.05, 0) is 36.1 Å². The standard InChI is InChI=1S/C21H21N5OS/c22-18-13-19(23)25-21(24-18)28-12-11-20(27)26-16-7-3-1-5-14(16)9-10-15-6-2-4-8-17(15)26/h1-8,13H,9-12H2,(H4,22,23,24,25). The fraction of sp³-hybridized carbons (Fsp3) is 0.190. The molecule has 7 heteroatoms. The van der Waals surface area contributed by atoms with Gasteiger partial charge in [-0.25, -0.2) is 9.97 Å². The number of benzene rings is 2. The molecule has 4 rings (SSSR count). The van der Waals surface area contributed by atoms with Gasteiger partial charge in [0.15, 0.2) is 5.16 Å². The molecule has 0 fully saturated rings. The fourth-order valence-corrected chi connectivity index (χ4v) is 4.22. The van der Waals surface area contributed by atoms with Gasteiger partial charge in [0.2, 0.25) is 5.91 Å². The van der Waals surface area contributed by atoms with Crippen molar-refractivity contribution in [3.8, 4) is 0 Å². The third-order valence-electron chi connectivity index (χ3n) is 4.67. The Morgan fingerprint density at radius 1 is 0.929 bits per heavy atom. The van der Waals surface area contributed by atoms with Crippen LogP contribution in [-0.4, -0.2) is 21.6 Å². The fourth-order valence-electron chi connectivity index (χ4n) is 3.42. The first kappa shape index (κ1) is 18.3. The van der Waals surface area contributed by atoms with Gasteiger partial charge in [0.1, 0.15) is 11.6 Å². The summed E-state index contributed by atoms with van der Waals surface area (Å²) in [5, 5.41) is 0.488. The summed E-state index contributed by atoms with van der Waals surface area (Å²) in [7, 11) is 0. The van der Waals surface area contributed by atoms with Gasteiger partial charge in [-0.1, -0.05) is 48.2 Å². The van der Waals surface area contributed by atoms with Crippen LogP contribution in [0.25, 0.3) is 0 Å². The lowest BCUT2D eigenvalue weighted by atomic mass is 10.0. The lowest BCUT2D eigenvalue weighted by Crippen LogP contribution is -2.27. The minimum atomic E-state index is 0.0474. The number of hydrogen-bond acceptors (Lipinski definition) is 6. The molecule has 2 aromatic carbocycles. The Balaban J connectivity index is 1.56. The number of carbonyl (C=O) groups is 1. The van der Waals surface area contributed by atoms with E-state index < -0.39 is 0 Å². The molecule has 0 atom stereocenters. The van der Waals surface area contributed by atoms with Crippen LogP contribution in [0, 0.1) is 0 Å². The molecule has 4 N–H and O–H groups in total. The van der Waals surface area contributed by atoms with Gasteiger partial charge >= 0.3 is 0 Å². The number of nitrogen functional groups attached to an aromatic ring is 2. The van der Waals surface area contributed by atoms with E-state index in [1.807, 2.05) is 41.3 Å². The van der Waals surface area contributed by atoms with Crippen molar-refractivity contribution in [2.75, 3.05) is 22.1 Å². The van der Waals surface area contributed by atoms with E-state index in [-0.39, 0.29) is 5.91 Å². The lowest BCUT2D eigenvalue weighted by molar-refractivity contribution is -0.117. The number of fused-ring (bicyclic) bond motifs is 2. The average Bonchev–Trinajstić information content (AvgIpc) is 2.84. The summed E-state index contributed by atoms with van der Waals surface area (Å²) < 4.78 is 0.